The SMILES string of the molecule is Cc1cccc(CN(C(=O)CSc2ccc(Cl)cc2)[C@H](C)C(=O)NC(C)(C)C)c1. The van der Waals surface area contributed by atoms with Crippen LogP contribution in [0.15, 0.2) is 53.4 Å². The minimum Gasteiger partial charge on any atom is -0.350 e. The lowest BCUT2D eigenvalue weighted by Crippen LogP contribution is -2.52. The average Bonchev–Trinajstić information content (AvgIpc) is 2.63. The number of amides is 2. The Morgan fingerprint density at radius 3 is 2.38 bits per heavy atom. The Kier molecular flexibility index (Phi) is 8.17. The molecule has 0 fully saturated rings. The minimum absolute atomic E-state index is 0.0805. The van der Waals surface area contributed by atoms with E-state index in [1.54, 1.807) is 24.0 Å². The fraction of sp³-hybridized carbons (Fsp3) is 0.391. The summed E-state index contributed by atoms with van der Waals surface area (Å²) in [6.07, 6.45) is 0. The average molecular weight is 433 g/mol. The fourth-order valence-electron chi connectivity index (χ4n) is 2.82. The first kappa shape index (κ1) is 23.3. The summed E-state index contributed by atoms with van der Waals surface area (Å²) in [6.45, 7) is 9.98. The van der Waals surface area contributed by atoms with E-state index in [4.69, 9.17) is 11.6 Å². The number of halogens is 1. The molecule has 0 heterocycles. The Balaban J connectivity index is 2.16. The van der Waals surface area contributed by atoms with E-state index in [1.807, 2.05) is 64.1 Å². The Bertz CT molecular complexity index is 847. The molecule has 0 bridgehead atoms. The van der Waals surface area contributed by atoms with Crippen LogP contribution in [-0.4, -0.2) is 34.0 Å². The van der Waals surface area contributed by atoms with E-state index in [2.05, 4.69) is 5.32 Å². The van der Waals surface area contributed by atoms with Crippen LogP contribution in [0, 0.1) is 6.92 Å². The fourth-order valence-corrected chi connectivity index (χ4v) is 3.73. The number of carbonyl (C=O) groups excluding carboxylic acids is 2. The number of aryl methyl sites for hydroxylation is 1. The van der Waals surface area contributed by atoms with Crippen molar-refractivity contribution in [1.82, 2.24) is 10.2 Å². The van der Waals surface area contributed by atoms with Crippen molar-refractivity contribution in [1.29, 1.82) is 0 Å². The number of thioether (sulfide) groups is 1. The van der Waals surface area contributed by atoms with Crippen molar-refractivity contribution >= 4 is 35.2 Å². The first-order chi connectivity index (χ1) is 13.5. The van der Waals surface area contributed by atoms with Gasteiger partial charge in [0.05, 0.1) is 5.75 Å². The lowest BCUT2D eigenvalue weighted by atomic mass is 10.1. The van der Waals surface area contributed by atoms with Crippen LogP contribution < -0.4 is 5.32 Å². The number of hydrogen-bond acceptors (Lipinski definition) is 3. The smallest absolute Gasteiger partial charge is 0.242 e. The Hall–Kier alpha value is -1.98. The highest BCUT2D eigenvalue weighted by atomic mass is 35.5. The van der Waals surface area contributed by atoms with Gasteiger partial charge in [-0.15, -0.1) is 11.8 Å². The third kappa shape index (κ3) is 7.75. The molecule has 6 heteroatoms. The largest absolute Gasteiger partial charge is 0.350 e. The van der Waals surface area contributed by atoms with Gasteiger partial charge in [-0.3, -0.25) is 9.59 Å². The van der Waals surface area contributed by atoms with Crippen LogP contribution in [0.1, 0.15) is 38.8 Å². The van der Waals surface area contributed by atoms with Gasteiger partial charge in [-0.2, -0.15) is 0 Å². The molecule has 0 saturated carbocycles. The number of nitrogens with zero attached hydrogens (tertiary/aromatic N) is 1. The zero-order valence-electron chi connectivity index (χ0n) is 17.7. The summed E-state index contributed by atoms with van der Waals surface area (Å²) in [5.74, 6) is 0.0126. The van der Waals surface area contributed by atoms with E-state index >= 15 is 0 Å². The van der Waals surface area contributed by atoms with Gasteiger partial charge in [0.1, 0.15) is 6.04 Å². The summed E-state index contributed by atoms with van der Waals surface area (Å²) in [6, 6.07) is 14.8. The molecule has 29 heavy (non-hydrogen) atoms. The van der Waals surface area contributed by atoms with Crippen LogP contribution in [0.4, 0.5) is 0 Å². The molecule has 0 aliphatic heterocycles. The van der Waals surface area contributed by atoms with Crippen molar-refractivity contribution in [2.45, 2.75) is 57.6 Å². The summed E-state index contributed by atoms with van der Waals surface area (Å²) in [4.78, 5) is 28.4. The molecule has 2 aromatic carbocycles. The van der Waals surface area contributed by atoms with Crippen molar-refractivity contribution in [2.75, 3.05) is 5.75 Å². The second-order valence-corrected chi connectivity index (χ2v) is 9.65. The third-order valence-corrected chi connectivity index (χ3v) is 5.53. The van der Waals surface area contributed by atoms with Gasteiger partial charge in [0.15, 0.2) is 0 Å². The molecular formula is C23H29ClN2O2S. The second kappa shape index (κ2) is 10.2. The molecule has 2 rings (SSSR count). The monoisotopic (exact) mass is 432 g/mol. The molecule has 4 nitrogen and oxygen atoms in total. The van der Waals surface area contributed by atoms with Gasteiger partial charge in [-0.05, 0) is 64.4 Å². The maximum Gasteiger partial charge on any atom is 0.242 e. The molecule has 0 saturated heterocycles. The number of rotatable bonds is 7. The van der Waals surface area contributed by atoms with E-state index < -0.39 is 6.04 Å². The first-order valence-electron chi connectivity index (χ1n) is 9.60. The highest BCUT2D eigenvalue weighted by Crippen LogP contribution is 2.22. The van der Waals surface area contributed by atoms with Crippen LogP contribution in [-0.2, 0) is 16.1 Å². The molecule has 156 valence electrons. The highest BCUT2D eigenvalue weighted by Gasteiger charge is 2.28. The molecule has 2 aromatic rings. The molecule has 0 radical (unpaired) electrons. The van der Waals surface area contributed by atoms with Crippen molar-refractivity contribution in [2.24, 2.45) is 0 Å². The van der Waals surface area contributed by atoms with E-state index in [-0.39, 0.29) is 23.1 Å². The van der Waals surface area contributed by atoms with Crippen molar-refractivity contribution in [3.8, 4) is 0 Å². The van der Waals surface area contributed by atoms with Crippen LogP contribution in [0.3, 0.4) is 0 Å². The third-order valence-electron chi connectivity index (χ3n) is 4.28. The zero-order chi connectivity index (χ0) is 21.6. The summed E-state index contributed by atoms with van der Waals surface area (Å²) < 4.78 is 0. The molecule has 1 atom stereocenters. The van der Waals surface area contributed by atoms with Gasteiger partial charge in [-0.1, -0.05) is 41.4 Å². The summed E-state index contributed by atoms with van der Waals surface area (Å²) in [5, 5.41) is 3.64. The Morgan fingerprint density at radius 2 is 1.79 bits per heavy atom. The van der Waals surface area contributed by atoms with Crippen molar-refractivity contribution in [3.05, 3.63) is 64.7 Å². The van der Waals surface area contributed by atoms with Gasteiger partial charge in [-0.25, -0.2) is 0 Å². The summed E-state index contributed by atoms with van der Waals surface area (Å²) in [5.41, 5.74) is 1.77. The minimum atomic E-state index is -0.576. The molecular weight excluding hydrogens is 404 g/mol. The summed E-state index contributed by atoms with van der Waals surface area (Å²) in [7, 11) is 0. The first-order valence-corrected chi connectivity index (χ1v) is 11.0. The van der Waals surface area contributed by atoms with E-state index in [9.17, 15) is 9.59 Å². The standard InChI is InChI=1S/C23H29ClN2O2S/c1-16-7-6-8-18(13-16)14-26(17(2)22(28)25-23(3,4)5)21(27)15-29-20-11-9-19(24)10-12-20/h6-13,17H,14-15H2,1-5H3,(H,25,28)/t17-/m1/s1. The predicted octanol–water partition coefficient (Wildman–Crippen LogP) is 5.07. The van der Waals surface area contributed by atoms with E-state index in [0.717, 1.165) is 16.0 Å². The van der Waals surface area contributed by atoms with Gasteiger partial charge in [0.2, 0.25) is 11.8 Å². The summed E-state index contributed by atoms with van der Waals surface area (Å²) >= 11 is 7.37. The Labute approximate surface area is 183 Å². The van der Waals surface area contributed by atoms with Gasteiger partial charge in [0.25, 0.3) is 0 Å². The molecule has 0 aliphatic carbocycles. The maximum atomic E-state index is 13.1. The maximum absolute atomic E-state index is 13.1. The lowest BCUT2D eigenvalue weighted by Gasteiger charge is -2.31. The predicted molar refractivity (Wildman–Crippen MR) is 121 cm³/mol. The van der Waals surface area contributed by atoms with Crippen LogP contribution in [0.5, 0.6) is 0 Å². The zero-order valence-corrected chi connectivity index (χ0v) is 19.2. The van der Waals surface area contributed by atoms with Crippen LogP contribution in [0.25, 0.3) is 0 Å². The van der Waals surface area contributed by atoms with Crippen LogP contribution in [0.2, 0.25) is 5.02 Å². The van der Waals surface area contributed by atoms with Crippen molar-refractivity contribution < 1.29 is 9.59 Å². The molecule has 2 amide bonds. The van der Waals surface area contributed by atoms with E-state index in [1.165, 1.54) is 11.8 Å². The van der Waals surface area contributed by atoms with E-state index in [0.29, 0.717) is 11.6 Å². The number of nitrogens with one attached hydrogen (secondary N) is 1. The topological polar surface area (TPSA) is 49.4 Å². The second-order valence-electron chi connectivity index (χ2n) is 8.17. The molecule has 0 aliphatic rings. The quantitative estimate of drug-likeness (QED) is 0.621. The number of hydrogen-bond donors (Lipinski definition) is 1. The number of carbonyl (C=O) groups is 2. The van der Waals surface area contributed by atoms with Gasteiger partial charge >= 0.3 is 0 Å². The molecule has 0 aromatic heterocycles. The van der Waals surface area contributed by atoms with Crippen molar-refractivity contribution in [3.63, 3.8) is 0 Å². The normalized spacial score (nSPS) is 12.3. The van der Waals surface area contributed by atoms with Crippen LogP contribution >= 0.6 is 23.4 Å². The highest BCUT2D eigenvalue weighted by molar-refractivity contribution is 8.00. The molecule has 0 unspecified atom stereocenters. The van der Waals surface area contributed by atoms with Gasteiger partial charge < -0.3 is 10.2 Å². The Morgan fingerprint density at radius 1 is 1.14 bits per heavy atom. The molecule has 1 N–H and O–H groups in total. The molecule has 0 spiro atoms. The lowest BCUT2D eigenvalue weighted by molar-refractivity contribution is -0.139. The number of benzene rings is 2. The van der Waals surface area contributed by atoms with Gasteiger partial charge in [0, 0.05) is 22.0 Å².